The number of ether oxygens (including phenoxy) is 1. The highest BCUT2D eigenvalue weighted by Crippen LogP contribution is 2.31. The zero-order valence-electron chi connectivity index (χ0n) is 18.6. The Morgan fingerprint density at radius 3 is 2.66 bits per heavy atom. The molecule has 4 rings (SSSR count). The molecule has 0 unspecified atom stereocenters. The van der Waals surface area contributed by atoms with Gasteiger partial charge in [0.2, 0.25) is 5.88 Å². The Hall–Kier alpha value is -3.93. The number of aromatic carboxylic acids is 1. The van der Waals surface area contributed by atoms with E-state index in [9.17, 15) is 22.8 Å². The van der Waals surface area contributed by atoms with Gasteiger partial charge in [-0.05, 0) is 36.8 Å². The molecule has 1 aliphatic rings. The van der Waals surface area contributed by atoms with Gasteiger partial charge in [0, 0.05) is 50.7 Å². The second-order valence-corrected chi connectivity index (χ2v) is 8.14. The van der Waals surface area contributed by atoms with Crippen LogP contribution in [0, 0.1) is 0 Å². The molecule has 1 aromatic carbocycles. The van der Waals surface area contributed by atoms with Gasteiger partial charge in [0.1, 0.15) is 5.75 Å². The molecule has 0 aliphatic carbocycles. The molecule has 184 valence electrons. The number of piperazine rings is 1. The van der Waals surface area contributed by atoms with Crippen LogP contribution in [-0.2, 0) is 12.7 Å². The number of carbonyl (C=O) groups is 2. The fourth-order valence-corrected chi connectivity index (χ4v) is 3.86. The van der Waals surface area contributed by atoms with Gasteiger partial charge in [-0.2, -0.15) is 23.0 Å². The summed E-state index contributed by atoms with van der Waals surface area (Å²) in [6, 6.07) is 9.46. The van der Waals surface area contributed by atoms with E-state index < -0.39 is 23.7 Å². The molecule has 1 fully saturated rings. The molecular weight excluding hydrogens is 467 g/mol. The van der Waals surface area contributed by atoms with Crippen LogP contribution in [0.3, 0.4) is 0 Å². The largest absolute Gasteiger partial charge is 0.476 e. The molecule has 35 heavy (non-hydrogen) atoms. The second kappa shape index (κ2) is 9.74. The summed E-state index contributed by atoms with van der Waals surface area (Å²) in [7, 11) is 0. The summed E-state index contributed by atoms with van der Waals surface area (Å²) in [6.07, 6.45) is -2.11. The van der Waals surface area contributed by atoms with Crippen LogP contribution in [0.25, 0.3) is 0 Å². The molecule has 9 nitrogen and oxygen atoms in total. The third-order valence-corrected chi connectivity index (χ3v) is 5.55. The number of hydrogen-bond donors (Lipinski definition) is 1. The van der Waals surface area contributed by atoms with Gasteiger partial charge in [-0.3, -0.25) is 4.90 Å². The highest BCUT2D eigenvalue weighted by Gasteiger charge is 2.31. The summed E-state index contributed by atoms with van der Waals surface area (Å²) in [5.41, 5.74) is -0.152. The van der Waals surface area contributed by atoms with E-state index in [2.05, 4.69) is 15.0 Å². The number of alkyl halides is 3. The van der Waals surface area contributed by atoms with Crippen LogP contribution in [0.15, 0.2) is 54.9 Å². The fraction of sp³-hybridized carbons (Fsp3) is 0.304. The Bertz CT molecular complexity index is 1230. The summed E-state index contributed by atoms with van der Waals surface area (Å²) in [4.78, 5) is 31.4. The van der Waals surface area contributed by atoms with E-state index in [1.165, 1.54) is 12.3 Å². The third kappa shape index (κ3) is 5.77. The van der Waals surface area contributed by atoms with E-state index in [-0.39, 0.29) is 17.6 Å². The number of amides is 1. The summed E-state index contributed by atoms with van der Waals surface area (Å²) in [6.45, 7) is 4.00. The quantitative estimate of drug-likeness (QED) is 0.579. The van der Waals surface area contributed by atoms with Gasteiger partial charge in [-0.15, -0.1) is 0 Å². The monoisotopic (exact) mass is 489 g/mol. The van der Waals surface area contributed by atoms with Crippen molar-refractivity contribution >= 4 is 12.0 Å². The van der Waals surface area contributed by atoms with Gasteiger partial charge >= 0.3 is 18.2 Å². The molecule has 3 aromatic rings. The van der Waals surface area contributed by atoms with Crippen molar-refractivity contribution in [1.82, 2.24) is 24.6 Å². The van der Waals surface area contributed by atoms with Gasteiger partial charge in [-0.1, -0.05) is 12.1 Å². The number of benzene rings is 1. The van der Waals surface area contributed by atoms with Crippen LogP contribution in [0.1, 0.15) is 28.5 Å². The van der Waals surface area contributed by atoms with E-state index in [1.54, 1.807) is 23.1 Å². The number of carboxylic acids is 1. The maximum atomic E-state index is 12.9. The fourth-order valence-electron chi connectivity index (χ4n) is 3.86. The van der Waals surface area contributed by atoms with Gasteiger partial charge in [-0.25, -0.2) is 14.6 Å². The first kappa shape index (κ1) is 24.2. The molecule has 1 saturated heterocycles. The van der Waals surface area contributed by atoms with Crippen molar-refractivity contribution in [2.45, 2.75) is 25.7 Å². The first-order chi connectivity index (χ1) is 16.6. The highest BCUT2D eigenvalue weighted by molar-refractivity contribution is 5.86. The Kier molecular flexibility index (Phi) is 6.74. The van der Waals surface area contributed by atoms with Crippen molar-refractivity contribution in [2.75, 3.05) is 19.6 Å². The Morgan fingerprint density at radius 2 is 1.97 bits per heavy atom. The number of rotatable bonds is 5. The van der Waals surface area contributed by atoms with Crippen LogP contribution in [-0.4, -0.2) is 67.3 Å². The van der Waals surface area contributed by atoms with Gasteiger partial charge in [0.25, 0.3) is 0 Å². The molecule has 1 aliphatic heterocycles. The normalized spacial score (nSPS) is 16.8. The minimum Gasteiger partial charge on any atom is -0.476 e. The predicted molar refractivity (Wildman–Crippen MR) is 117 cm³/mol. The number of halogens is 3. The first-order valence-corrected chi connectivity index (χ1v) is 10.7. The van der Waals surface area contributed by atoms with Gasteiger partial charge < -0.3 is 14.7 Å². The summed E-state index contributed by atoms with van der Waals surface area (Å²) in [5.74, 6) is -0.990. The molecule has 12 heteroatoms. The molecular formula is C23H22F3N5O4. The summed E-state index contributed by atoms with van der Waals surface area (Å²) in [5, 5.41) is 12.8. The lowest BCUT2D eigenvalue weighted by atomic mass is 10.1. The lowest BCUT2D eigenvalue weighted by Crippen LogP contribution is -2.54. The second-order valence-electron chi connectivity index (χ2n) is 8.14. The predicted octanol–water partition coefficient (Wildman–Crippen LogP) is 3.96. The number of hydrogen-bond acceptors (Lipinski definition) is 6. The van der Waals surface area contributed by atoms with Crippen LogP contribution in [0.2, 0.25) is 0 Å². The summed E-state index contributed by atoms with van der Waals surface area (Å²) >= 11 is 0. The van der Waals surface area contributed by atoms with Crippen molar-refractivity contribution in [2.24, 2.45) is 0 Å². The number of pyridine rings is 1. The van der Waals surface area contributed by atoms with E-state index in [0.29, 0.717) is 31.9 Å². The first-order valence-electron chi connectivity index (χ1n) is 10.7. The van der Waals surface area contributed by atoms with E-state index >= 15 is 0 Å². The van der Waals surface area contributed by atoms with Crippen molar-refractivity contribution in [3.05, 3.63) is 71.7 Å². The average Bonchev–Trinajstić information content (AvgIpc) is 3.30. The molecule has 0 spiro atoms. The Morgan fingerprint density at radius 1 is 1.17 bits per heavy atom. The van der Waals surface area contributed by atoms with E-state index in [4.69, 9.17) is 9.84 Å². The molecule has 1 atom stereocenters. The van der Waals surface area contributed by atoms with Gasteiger partial charge in [0.15, 0.2) is 5.69 Å². The lowest BCUT2D eigenvalue weighted by Gasteiger charge is -2.39. The number of nitrogens with zero attached hydrogens (tertiary/aromatic N) is 5. The molecule has 1 amide bonds. The molecule has 0 saturated carbocycles. The van der Waals surface area contributed by atoms with Gasteiger partial charge in [0.05, 0.1) is 5.56 Å². The maximum absolute atomic E-state index is 12.9. The number of carboxylic acid groups (broad SMARTS) is 1. The standard InChI is InChI=1S/C23H22F3N5O4/c1-15-13-29(9-10-30(15)22(34)31-8-6-19(28-31)21(32)33)14-16-3-2-4-18(11-16)35-20-12-17(5-7-27-20)23(24,25)26/h2-8,11-12,15H,9-10,13-14H2,1H3,(H,32,33)/t15-/m0/s1. The van der Waals surface area contributed by atoms with E-state index in [1.807, 2.05) is 13.0 Å². The SMILES string of the molecule is C[C@H]1CN(Cc2cccc(Oc3cc(C(F)(F)F)ccn3)c2)CCN1C(=O)n1ccc(C(=O)O)n1. The van der Waals surface area contributed by atoms with Crippen molar-refractivity contribution < 1.29 is 32.6 Å². The average molecular weight is 489 g/mol. The van der Waals surface area contributed by atoms with Crippen LogP contribution >= 0.6 is 0 Å². The number of carbonyl (C=O) groups excluding carboxylic acids is 1. The molecule has 3 heterocycles. The zero-order chi connectivity index (χ0) is 25.2. The zero-order valence-corrected chi connectivity index (χ0v) is 18.6. The Balaban J connectivity index is 1.37. The van der Waals surface area contributed by atoms with E-state index in [0.717, 1.165) is 28.6 Å². The highest BCUT2D eigenvalue weighted by atomic mass is 19.4. The molecule has 2 aromatic heterocycles. The molecule has 0 radical (unpaired) electrons. The minimum atomic E-state index is -4.49. The van der Waals surface area contributed by atoms with Crippen LogP contribution < -0.4 is 4.74 Å². The van der Waals surface area contributed by atoms with Crippen molar-refractivity contribution in [3.63, 3.8) is 0 Å². The van der Waals surface area contributed by atoms with Crippen LogP contribution in [0.4, 0.5) is 18.0 Å². The smallest absolute Gasteiger partial charge is 0.416 e. The third-order valence-electron chi connectivity index (χ3n) is 5.55. The Labute approximate surface area is 198 Å². The number of aromatic nitrogens is 3. The maximum Gasteiger partial charge on any atom is 0.416 e. The van der Waals surface area contributed by atoms with Crippen molar-refractivity contribution in [3.8, 4) is 11.6 Å². The molecule has 0 bridgehead atoms. The molecule has 1 N–H and O–H groups in total. The minimum absolute atomic E-state index is 0.150. The topological polar surface area (TPSA) is 101 Å². The summed E-state index contributed by atoms with van der Waals surface area (Å²) < 4.78 is 45.4. The lowest BCUT2D eigenvalue weighted by molar-refractivity contribution is -0.137. The van der Waals surface area contributed by atoms with Crippen molar-refractivity contribution in [1.29, 1.82) is 0 Å². The van der Waals surface area contributed by atoms with Crippen LogP contribution in [0.5, 0.6) is 11.6 Å².